The average Bonchev–Trinajstić information content (AvgIpc) is 2.94. The molecule has 0 saturated heterocycles. The van der Waals surface area contributed by atoms with Gasteiger partial charge in [0.05, 0.1) is 27.4 Å². The minimum atomic E-state index is -2.23. The number of rotatable bonds is 9. The summed E-state index contributed by atoms with van der Waals surface area (Å²) in [4.78, 5) is 37.5. The summed E-state index contributed by atoms with van der Waals surface area (Å²) in [5.41, 5.74) is -1.50. The first-order valence-corrected chi connectivity index (χ1v) is 12.1. The van der Waals surface area contributed by atoms with Crippen molar-refractivity contribution in [2.24, 2.45) is 0 Å². The van der Waals surface area contributed by atoms with E-state index >= 15 is 0 Å². The Hall–Kier alpha value is -4.75. The van der Waals surface area contributed by atoms with Crippen molar-refractivity contribution in [3.8, 4) is 28.7 Å². The number of benzene rings is 2. The highest BCUT2D eigenvalue weighted by Crippen LogP contribution is 2.38. The second kappa shape index (κ2) is 13.1. The van der Waals surface area contributed by atoms with E-state index in [1.54, 1.807) is 0 Å². The third kappa shape index (κ3) is 7.47. The van der Waals surface area contributed by atoms with Gasteiger partial charge in [0, 0.05) is 25.0 Å². The Morgan fingerprint density at radius 3 is 1.98 bits per heavy atom. The van der Waals surface area contributed by atoms with Crippen LogP contribution in [-0.2, 0) is 28.6 Å². The van der Waals surface area contributed by atoms with Crippen molar-refractivity contribution in [1.29, 1.82) is 0 Å². The largest absolute Gasteiger partial charge is 0.504 e. The first-order chi connectivity index (χ1) is 19.4. The zero-order chi connectivity index (χ0) is 30.3. The Morgan fingerprint density at radius 1 is 0.829 bits per heavy atom. The van der Waals surface area contributed by atoms with E-state index in [0.29, 0.717) is 11.1 Å². The predicted molar refractivity (Wildman–Crippen MR) is 141 cm³/mol. The number of esters is 3. The molecule has 13 heteroatoms. The van der Waals surface area contributed by atoms with Crippen molar-refractivity contribution in [1.82, 2.24) is 0 Å². The number of ether oxygens (including phenoxy) is 5. The minimum absolute atomic E-state index is 0.0819. The van der Waals surface area contributed by atoms with Crippen LogP contribution in [0.1, 0.15) is 24.0 Å². The van der Waals surface area contributed by atoms with E-state index in [2.05, 4.69) is 4.74 Å². The van der Waals surface area contributed by atoms with Gasteiger partial charge in [-0.1, -0.05) is 6.07 Å². The lowest BCUT2D eigenvalue weighted by molar-refractivity contribution is -0.206. The quantitative estimate of drug-likeness (QED) is 0.125. The van der Waals surface area contributed by atoms with Gasteiger partial charge < -0.3 is 49.2 Å². The molecular weight excluding hydrogens is 544 g/mol. The molecule has 220 valence electrons. The second-order valence-electron chi connectivity index (χ2n) is 9.06. The monoisotopic (exact) mass is 574 g/mol. The number of hydrogen-bond acceptors (Lipinski definition) is 13. The van der Waals surface area contributed by atoms with Gasteiger partial charge in [-0.05, 0) is 47.5 Å². The van der Waals surface area contributed by atoms with E-state index in [1.807, 2.05) is 0 Å². The van der Waals surface area contributed by atoms with Crippen molar-refractivity contribution in [2.75, 3.05) is 21.3 Å². The first-order valence-electron chi connectivity index (χ1n) is 12.1. The van der Waals surface area contributed by atoms with Crippen molar-refractivity contribution in [2.45, 2.75) is 36.8 Å². The molecule has 0 spiro atoms. The number of carbonyl (C=O) groups is 3. The number of aliphatic hydroxyl groups excluding tert-OH is 1. The fourth-order valence-corrected chi connectivity index (χ4v) is 4.21. The van der Waals surface area contributed by atoms with Crippen molar-refractivity contribution < 1.29 is 63.6 Å². The molecule has 2 aromatic carbocycles. The van der Waals surface area contributed by atoms with Crippen LogP contribution < -0.4 is 9.47 Å². The maximum atomic E-state index is 12.7. The number of phenols is 3. The summed E-state index contributed by atoms with van der Waals surface area (Å²) in [6.07, 6.45) is -1.13. The highest BCUT2D eigenvalue weighted by Gasteiger charge is 2.52. The summed E-state index contributed by atoms with van der Waals surface area (Å²) < 4.78 is 25.5. The lowest BCUT2D eigenvalue weighted by Crippen LogP contribution is -2.58. The van der Waals surface area contributed by atoms with Gasteiger partial charge in [0.25, 0.3) is 0 Å². The van der Waals surface area contributed by atoms with Gasteiger partial charge in [0.2, 0.25) is 5.75 Å². The fourth-order valence-electron chi connectivity index (χ4n) is 4.21. The zero-order valence-electron chi connectivity index (χ0n) is 22.3. The van der Waals surface area contributed by atoms with E-state index < -0.39 is 60.4 Å². The predicted octanol–water partition coefficient (Wildman–Crippen LogP) is 1.43. The molecule has 1 saturated carbocycles. The van der Waals surface area contributed by atoms with Crippen LogP contribution in [-0.4, -0.2) is 88.7 Å². The molecule has 0 radical (unpaired) electrons. The molecule has 1 aliphatic rings. The standard InChI is InChI=1S/C28H30O13/c1-37-20-11-16(12-21(38-2)25(20)34)6-9-23(32)40-22-14-28(36,27(35)39-3)13-19(31)26(22)41-24(33)8-5-15-4-7-17(29)18(30)10-15/h4-12,19,22,26,29-31,34,36H,13-14H2,1-3H3. The molecule has 0 heterocycles. The number of carbonyl (C=O) groups excluding carboxylic acids is 3. The summed E-state index contributed by atoms with van der Waals surface area (Å²) in [6, 6.07) is 6.67. The smallest absolute Gasteiger partial charge is 0.338 e. The SMILES string of the molecule is COC(=O)C1(O)CC(O)C(OC(=O)C=Cc2ccc(O)c(O)c2)C(OC(=O)C=Cc2cc(OC)c(O)c(OC)c2)C1. The lowest BCUT2D eigenvalue weighted by atomic mass is 9.79. The topological polar surface area (TPSA) is 199 Å². The number of aliphatic hydroxyl groups is 2. The van der Waals surface area contributed by atoms with Crippen LogP contribution in [0, 0.1) is 0 Å². The Kier molecular flexibility index (Phi) is 9.81. The molecule has 0 bridgehead atoms. The Balaban J connectivity index is 1.80. The minimum Gasteiger partial charge on any atom is -0.504 e. The first kappa shape index (κ1) is 30.8. The molecular formula is C28H30O13. The van der Waals surface area contributed by atoms with E-state index in [-0.39, 0.29) is 23.0 Å². The summed E-state index contributed by atoms with van der Waals surface area (Å²) in [5.74, 6) is -3.85. The van der Waals surface area contributed by atoms with Gasteiger partial charge >= 0.3 is 17.9 Å². The maximum Gasteiger partial charge on any atom is 0.338 e. The van der Waals surface area contributed by atoms with E-state index in [9.17, 15) is 39.9 Å². The van der Waals surface area contributed by atoms with Crippen LogP contribution in [0.2, 0.25) is 0 Å². The Bertz CT molecular complexity index is 1320. The van der Waals surface area contributed by atoms with Crippen LogP contribution >= 0.6 is 0 Å². The summed E-state index contributed by atoms with van der Waals surface area (Å²) >= 11 is 0. The number of aromatic hydroxyl groups is 3. The number of hydrogen-bond donors (Lipinski definition) is 5. The van der Waals surface area contributed by atoms with Gasteiger partial charge in [0.1, 0.15) is 6.10 Å². The van der Waals surface area contributed by atoms with E-state index in [1.165, 1.54) is 56.7 Å². The maximum absolute atomic E-state index is 12.7. The Labute approximate surface area is 234 Å². The fraction of sp³-hybridized carbons (Fsp3) is 0.321. The van der Waals surface area contributed by atoms with Crippen LogP contribution in [0.5, 0.6) is 28.7 Å². The number of phenolic OH excluding ortho intramolecular Hbond substituents is 3. The Morgan fingerprint density at radius 2 is 1.41 bits per heavy atom. The van der Waals surface area contributed by atoms with Crippen LogP contribution in [0.25, 0.3) is 12.2 Å². The van der Waals surface area contributed by atoms with Gasteiger partial charge in [-0.2, -0.15) is 0 Å². The zero-order valence-corrected chi connectivity index (χ0v) is 22.3. The molecule has 0 aliphatic heterocycles. The van der Waals surface area contributed by atoms with Crippen molar-refractivity contribution >= 4 is 30.1 Å². The highest BCUT2D eigenvalue weighted by molar-refractivity contribution is 5.89. The molecule has 2 aromatic rings. The van der Waals surface area contributed by atoms with Crippen LogP contribution in [0.4, 0.5) is 0 Å². The average molecular weight is 575 g/mol. The molecule has 5 N–H and O–H groups in total. The van der Waals surface area contributed by atoms with E-state index in [4.69, 9.17) is 18.9 Å². The second-order valence-corrected chi connectivity index (χ2v) is 9.06. The normalized spacial score (nSPS) is 22.3. The summed E-state index contributed by atoms with van der Waals surface area (Å²) in [6.45, 7) is 0. The summed E-state index contributed by atoms with van der Waals surface area (Å²) in [7, 11) is 3.70. The van der Waals surface area contributed by atoms with E-state index in [0.717, 1.165) is 19.3 Å². The molecule has 41 heavy (non-hydrogen) atoms. The third-order valence-corrected chi connectivity index (χ3v) is 6.24. The molecule has 13 nitrogen and oxygen atoms in total. The molecule has 1 aliphatic carbocycles. The van der Waals surface area contributed by atoms with Gasteiger partial charge in [-0.25, -0.2) is 14.4 Å². The molecule has 4 unspecified atom stereocenters. The van der Waals surface area contributed by atoms with Crippen molar-refractivity contribution in [3.05, 3.63) is 53.6 Å². The van der Waals surface area contributed by atoms with Crippen molar-refractivity contribution in [3.63, 3.8) is 0 Å². The highest BCUT2D eigenvalue weighted by atomic mass is 16.6. The molecule has 3 rings (SSSR count). The molecule has 4 atom stereocenters. The van der Waals surface area contributed by atoms with Gasteiger partial charge in [-0.15, -0.1) is 0 Å². The van der Waals surface area contributed by atoms with Gasteiger partial charge in [0.15, 0.2) is 34.7 Å². The van der Waals surface area contributed by atoms with Crippen LogP contribution in [0.3, 0.4) is 0 Å². The molecule has 0 aromatic heterocycles. The third-order valence-electron chi connectivity index (χ3n) is 6.24. The summed E-state index contributed by atoms with van der Waals surface area (Å²) in [5, 5.41) is 50.6. The molecule has 1 fully saturated rings. The number of methoxy groups -OCH3 is 3. The van der Waals surface area contributed by atoms with Gasteiger partial charge in [-0.3, -0.25) is 0 Å². The lowest BCUT2D eigenvalue weighted by Gasteiger charge is -2.41. The molecule has 0 amide bonds. The van der Waals surface area contributed by atoms with Crippen LogP contribution in [0.15, 0.2) is 42.5 Å².